The summed E-state index contributed by atoms with van der Waals surface area (Å²) in [7, 11) is -2.24. The lowest BCUT2D eigenvalue weighted by Crippen LogP contribution is -2.42. The normalized spacial score (nSPS) is 13.7. The van der Waals surface area contributed by atoms with Crippen molar-refractivity contribution in [1.29, 1.82) is 0 Å². The number of anilines is 1. The van der Waals surface area contributed by atoms with Crippen LogP contribution in [0.3, 0.4) is 0 Å². The number of benzene rings is 2. The van der Waals surface area contributed by atoms with Crippen LogP contribution < -0.4 is 4.31 Å². The molecule has 0 aliphatic carbocycles. The zero-order valence-corrected chi connectivity index (χ0v) is 18.0. The van der Waals surface area contributed by atoms with Crippen molar-refractivity contribution in [3.63, 3.8) is 0 Å². The van der Waals surface area contributed by atoms with Crippen LogP contribution in [0.2, 0.25) is 5.02 Å². The molecule has 1 aliphatic rings. The lowest BCUT2D eigenvalue weighted by molar-refractivity contribution is 0.0652. The molecular formula is C21H21ClN4O3S. The molecular weight excluding hydrogens is 424 g/mol. The number of carbonyl (C=O) groups excluding carboxylic acids is 1. The standard InChI is InChI=1S/C21H21ClN4O3S/c1-24-15-20(13-23-24)30(28,29)26(14-16-6-8-18(22)9-7-16)19-5-2-4-17(12-19)21(27)25-10-3-11-25/h2,4-9,12-13,15H,3,10-11,14H2,1H3. The second-order valence-electron chi connectivity index (χ2n) is 7.18. The van der Waals surface area contributed by atoms with Crippen molar-refractivity contribution in [2.45, 2.75) is 17.9 Å². The third-order valence-corrected chi connectivity index (χ3v) is 7.01. The fourth-order valence-corrected chi connectivity index (χ4v) is 4.78. The fraction of sp³-hybridized carbons (Fsp3) is 0.238. The Morgan fingerprint density at radius 3 is 2.50 bits per heavy atom. The van der Waals surface area contributed by atoms with Crippen molar-refractivity contribution in [1.82, 2.24) is 14.7 Å². The van der Waals surface area contributed by atoms with Gasteiger partial charge in [-0.3, -0.25) is 13.8 Å². The summed E-state index contributed by atoms with van der Waals surface area (Å²) in [5, 5.41) is 4.57. The minimum absolute atomic E-state index is 0.0819. The molecule has 4 rings (SSSR count). The molecule has 9 heteroatoms. The van der Waals surface area contributed by atoms with Gasteiger partial charge in [-0.1, -0.05) is 29.8 Å². The second-order valence-corrected chi connectivity index (χ2v) is 9.48. The average molecular weight is 445 g/mol. The summed E-state index contributed by atoms with van der Waals surface area (Å²) in [5.74, 6) is -0.0895. The highest BCUT2D eigenvalue weighted by atomic mass is 35.5. The third-order valence-electron chi connectivity index (χ3n) is 5.03. The van der Waals surface area contributed by atoms with Gasteiger partial charge in [0.15, 0.2) is 0 Å². The van der Waals surface area contributed by atoms with Crippen LogP contribution in [-0.2, 0) is 23.6 Å². The number of nitrogens with zero attached hydrogens (tertiary/aromatic N) is 4. The van der Waals surface area contributed by atoms with Crippen LogP contribution in [0.25, 0.3) is 0 Å². The Kier molecular flexibility index (Phi) is 5.53. The van der Waals surface area contributed by atoms with E-state index < -0.39 is 10.0 Å². The molecule has 0 unspecified atom stereocenters. The molecule has 0 N–H and O–H groups in total. The minimum Gasteiger partial charge on any atom is -0.339 e. The summed E-state index contributed by atoms with van der Waals surface area (Å²) in [6.07, 6.45) is 3.77. The van der Waals surface area contributed by atoms with Crippen LogP contribution in [0.1, 0.15) is 22.3 Å². The highest BCUT2D eigenvalue weighted by Crippen LogP contribution is 2.28. The molecule has 2 aromatic carbocycles. The molecule has 0 spiro atoms. The van der Waals surface area contributed by atoms with E-state index in [4.69, 9.17) is 11.6 Å². The van der Waals surface area contributed by atoms with Gasteiger partial charge < -0.3 is 4.90 Å². The maximum Gasteiger partial charge on any atom is 0.267 e. The minimum atomic E-state index is -3.90. The lowest BCUT2D eigenvalue weighted by atomic mass is 10.1. The van der Waals surface area contributed by atoms with E-state index in [1.165, 1.54) is 21.4 Å². The van der Waals surface area contributed by atoms with Crippen molar-refractivity contribution >= 4 is 33.2 Å². The molecule has 0 atom stereocenters. The van der Waals surface area contributed by atoms with E-state index in [1.54, 1.807) is 60.5 Å². The summed E-state index contributed by atoms with van der Waals surface area (Å²) < 4.78 is 29.6. The van der Waals surface area contributed by atoms with Crippen molar-refractivity contribution in [3.05, 3.63) is 77.1 Å². The Balaban J connectivity index is 1.75. The summed E-state index contributed by atoms with van der Waals surface area (Å²) >= 11 is 5.97. The van der Waals surface area contributed by atoms with Gasteiger partial charge in [0.1, 0.15) is 4.90 Å². The van der Waals surface area contributed by atoms with E-state index in [1.807, 2.05) is 0 Å². The molecule has 1 saturated heterocycles. The van der Waals surface area contributed by atoms with Gasteiger partial charge in [-0.2, -0.15) is 5.10 Å². The molecule has 1 aliphatic heterocycles. The quantitative estimate of drug-likeness (QED) is 0.584. The topological polar surface area (TPSA) is 75.5 Å². The molecule has 0 saturated carbocycles. The molecule has 30 heavy (non-hydrogen) atoms. The van der Waals surface area contributed by atoms with Gasteiger partial charge >= 0.3 is 0 Å². The third kappa shape index (κ3) is 4.06. The van der Waals surface area contributed by atoms with Crippen molar-refractivity contribution in [3.8, 4) is 0 Å². The average Bonchev–Trinajstić information content (AvgIpc) is 3.13. The second kappa shape index (κ2) is 8.12. The molecule has 3 aromatic rings. The van der Waals surface area contributed by atoms with Gasteiger partial charge in [0, 0.05) is 36.9 Å². The monoisotopic (exact) mass is 444 g/mol. The molecule has 156 valence electrons. The van der Waals surface area contributed by atoms with Crippen molar-refractivity contribution in [2.75, 3.05) is 17.4 Å². The fourth-order valence-electron chi connectivity index (χ4n) is 3.23. The van der Waals surface area contributed by atoms with E-state index >= 15 is 0 Å². The van der Waals surface area contributed by atoms with Gasteiger partial charge in [-0.15, -0.1) is 0 Å². The SMILES string of the molecule is Cn1cc(S(=O)(=O)N(Cc2ccc(Cl)cc2)c2cccc(C(=O)N3CCC3)c2)cn1. The first-order valence-corrected chi connectivity index (χ1v) is 11.3. The Hall–Kier alpha value is -2.84. The molecule has 0 bridgehead atoms. The van der Waals surface area contributed by atoms with Crippen LogP contribution >= 0.6 is 11.6 Å². The van der Waals surface area contributed by atoms with Crippen LogP contribution in [0.5, 0.6) is 0 Å². The van der Waals surface area contributed by atoms with Crippen LogP contribution in [-0.4, -0.2) is 42.1 Å². The Labute approximate surface area is 180 Å². The number of carbonyl (C=O) groups is 1. The number of halogens is 1. The predicted molar refractivity (Wildman–Crippen MR) is 115 cm³/mol. The summed E-state index contributed by atoms with van der Waals surface area (Å²) in [4.78, 5) is 14.5. The molecule has 0 radical (unpaired) electrons. The summed E-state index contributed by atoms with van der Waals surface area (Å²) in [5.41, 5.74) is 1.65. The van der Waals surface area contributed by atoms with E-state index in [0.29, 0.717) is 16.3 Å². The smallest absolute Gasteiger partial charge is 0.267 e. The van der Waals surface area contributed by atoms with Gasteiger partial charge in [-0.05, 0) is 42.3 Å². The summed E-state index contributed by atoms with van der Waals surface area (Å²) in [6, 6.07) is 13.7. The summed E-state index contributed by atoms with van der Waals surface area (Å²) in [6.45, 7) is 1.55. The first kappa shape index (κ1) is 20.4. The molecule has 7 nitrogen and oxygen atoms in total. The van der Waals surface area contributed by atoms with E-state index in [9.17, 15) is 13.2 Å². The molecule has 1 amide bonds. The zero-order chi connectivity index (χ0) is 21.3. The number of likely N-dealkylation sites (tertiary alicyclic amines) is 1. The number of sulfonamides is 1. The number of rotatable bonds is 6. The zero-order valence-electron chi connectivity index (χ0n) is 16.4. The number of aryl methyl sites for hydroxylation is 1. The number of aromatic nitrogens is 2. The highest BCUT2D eigenvalue weighted by Gasteiger charge is 2.28. The Morgan fingerprint density at radius 2 is 1.90 bits per heavy atom. The van der Waals surface area contributed by atoms with Crippen molar-refractivity contribution in [2.24, 2.45) is 7.05 Å². The molecule has 1 aromatic heterocycles. The van der Waals surface area contributed by atoms with Gasteiger partial charge in [-0.25, -0.2) is 8.42 Å². The maximum absolute atomic E-state index is 13.5. The molecule has 2 heterocycles. The number of amides is 1. The van der Waals surface area contributed by atoms with E-state index in [2.05, 4.69) is 5.10 Å². The molecule has 1 fully saturated rings. The van der Waals surface area contributed by atoms with Crippen LogP contribution in [0.15, 0.2) is 65.8 Å². The van der Waals surface area contributed by atoms with E-state index in [-0.39, 0.29) is 17.3 Å². The van der Waals surface area contributed by atoms with Gasteiger partial charge in [0.2, 0.25) is 0 Å². The first-order valence-electron chi connectivity index (χ1n) is 9.50. The van der Waals surface area contributed by atoms with Crippen molar-refractivity contribution < 1.29 is 13.2 Å². The maximum atomic E-state index is 13.5. The number of hydrogen-bond acceptors (Lipinski definition) is 4. The van der Waals surface area contributed by atoms with Gasteiger partial charge in [0.05, 0.1) is 18.4 Å². The highest BCUT2D eigenvalue weighted by molar-refractivity contribution is 7.92. The van der Waals surface area contributed by atoms with Crippen LogP contribution in [0.4, 0.5) is 5.69 Å². The largest absolute Gasteiger partial charge is 0.339 e. The Bertz CT molecular complexity index is 1170. The lowest BCUT2D eigenvalue weighted by Gasteiger charge is -2.31. The predicted octanol–water partition coefficient (Wildman–Crippen LogP) is 3.31. The number of hydrogen-bond donors (Lipinski definition) is 0. The van der Waals surface area contributed by atoms with Gasteiger partial charge in [0.25, 0.3) is 15.9 Å². The van der Waals surface area contributed by atoms with E-state index in [0.717, 1.165) is 25.1 Å². The first-order chi connectivity index (χ1) is 14.3. The van der Waals surface area contributed by atoms with Crippen LogP contribution in [0, 0.1) is 0 Å². The Morgan fingerprint density at radius 1 is 1.17 bits per heavy atom.